The van der Waals surface area contributed by atoms with E-state index >= 15 is 0 Å². The van der Waals surface area contributed by atoms with Crippen LogP contribution in [0.15, 0.2) is 78.9 Å². The Morgan fingerprint density at radius 3 is 2.16 bits per heavy atom. The van der Waals surface area contributed by atoms with Crippen molar-refractivity contribution < 1.29 is 17.6 Å². The number of sulfonamides is 1. The molecule has 0 aliphatic heterocycles. The number of aryl methyl sites for hydroxylation is 1. The van der Waals surface area contributed by atoms with Crippen LogP contribution in [0.25, 0.3) is 0 Å². The van der Waals surface area contributed by atoms with Crippen LogP contribution in [0.4, 0.5) is 10.1 Å². The Labute approximate surface area is 188 Å². The molecule has 5 nitrogen and oxygen atoms in total. The molecule has 0 saturated heterocycles. The van der Waals surface area contributed by atoms with Gasteiger partial charge in [-0.25, -0.2) is 12.8 Å². The molecule has 1 amide bonds. The lowest BCUT2D eigenvalue weighted by atomic mass is 10.1. The van der Waals surface area contributed by atoms with Crippen LogP contribution in [0.1, 0.15) is 34.8 Å². The van der Waals surface area contributed by atoms with Crippen molar-refractivity contribution in [1.29, 1.82) is 0 Å². The Bertz CT molecular complexity index is 1130. The van der Waals surface area contributed by atoms with Crippen LogP contribution in [-0.2, 0) is 23.0 Å². The highest BCUT2D eigenvalue weighted by molar-refractivity contribution is 7.92. The second-order valence-electron chi connectivity index (χ2n) is 7.84. The van der Waals surface area contributed by atoms with Gasteiger partial charge in [-0.05, 0) is 67.3 Å². The fourth-order valence-electron chi connectivity index (χ4n) is 3.34. The van der Waals surface area contributed by atoms with E-state index in [-0.39, 0.29) is 24.3 Å². The fraction of sp³-hybridized carbons (Fsp3) is 0.240. The average Bonchev–Trinajstić information content (AvgIpc) is 2.77. The Hall–Kier alpha value is -3.19. The maximum atomic E-state index is 13.2. The summed E-state index contributed by atoms with van der Waals surface area (Å²) in [5.74, 6) is -0.588. The molecule has 0 aliphatic rings. The minimum absolute atomic E-state index is 0.00613. The van der Waals surface area contributed by atoms with Crippen LogP contribution < -0.4 is 9.62 Å². The van der Waals surface area contributed by atoms with Gasteiger partial charge in [0.05, 0.1) is 18.5 Å². The molecule has 0 bridgehead atoms. The summed E-state index contributed by atoms with van der Waals surface area (Å²) in [7, 11) is -3.57. The van der Waals surface area contributed by atoms with Gasteiger partial charge >= 0.3 is 0 Å². The largest absolute Gasteiger partial charge is 0.350 e. The standard InChI is InChI=1S/C25H27FN2O3S/c1-19(8-9-20-6-4-3-5-7-20)27-25(29)22-12-16-24(17-13-22)28(32(2,30)31)18-21-10-14-23(26)15-11-21/h3-7,10-17,19H,8-9,18H2,1-2H3,(H,27,29). The number of benzene rings is 3. The lowest BCUT2D eigenvalue weighted by Gasteiger charge is -2.23. The zero-order valence-corrected chi connectivity index (χ0v) is 19.0. The van der Waals surface area contributed by atoms with Crippen molar-refractivity contribution in [2.75, 3.05) is 10.6 Å². The predicted octanol–water partition coefficient (Wildman–Crippen LogP) is 4.54. The highest BCUT2D eigenvalue weighted by atomic mass is 32.2. The van der Waals surface area contributed by atoms with Crippen LogP contribution in [0.2, 0.25) is 0 Å². The van der Waals surface area contributed by atoms with Gasteiger partial charge in [-0.3, -0.25) is 9.10 Å². The lowest BCUT2D eigenvalue weighted by molar-refractivity contribution is 0.0938. The molecule has 3 aromatic carbocycles. The summed E-state index contributed by atoms with van der Waals surface area (Å²) >= 11 is 0. The first kappa shape index (κ1) is 23.5. The fourth-order valence-corrected chi connectivity index (χ4v) is 4.23. The van der Waals surface area contributed by atoms with E-state index in [1.807, 2.05) is 25.1 Å². The SMILES string of the molecule is CC(CCc1ccccc1)NC(=O)c1ccc(N(Cc2ccc(F)cc2)S(C)(=O)=O)cc1. The van der Waals surface area contributed by atoms with Crippen molar-refractivity contribution in [1.82, 2.24) is 5.32 Å². The number of hydrogen-bond acceptors (Lipinski definition) is 3. The molecule has 1 N–H and O–H groups in total. The van der Waals surface area contributed by atoms with Gasteiger partial charge in [0.1, 0.15) is 5.82 Å². The number of amides is 1. The highest BCUT2D eigenvalue weighted by Gasteiger charge is 2.19. The minimum Gasteiger partial charge on any atom is -0.350 e. The third-order valence-electron chi connectivity index (χ3n) is 5.14. The average molecular weight is 455 g/mol. The molecule has 32 heavy (non-hydrogen) atoms. The summed E-state index contributed by atoms with van der Waals surface area (Å²) in [5, 5.41) is 2.98. The quantitative estimate of drug-likeness (QED) is 0.516. The van der Waals surface area contributed by atoms with E-state index in [9.17, 15) is 17.6 Å². The Kier molecular flexibility index (Phi) is 7.64. The monoisotopic (exact) mass is 454 g/mol. The van der Waals surface area contributed by atoms with Gasteiger partial charge in [-0.2, -0.15) is 0 Å². The van der Waals surface area contributed by atoms with Crippen LogP contribution in [0.3, 0.4) is 0 Å². The molecule has 7 heteroatoms. The van der Waals surface area contributed by atoms with Gasteiger partial charge in [0.15, 0.2) is 0 Å². The molecule has 0 radical (unpaired) electrons. The molecule has 3 aromatic rings. The van der Waals surface area contributed by atoms with E-state index < -0.39 is 10.0 Å². The second kappa shape index (κ2) is 10.4. The number of hydrogen-bond donors (Lipinski definition) is 1. The van der Waals surface area contributed by atoms with Gasteiger partial charge < -0.3 is 5.32 Å². The molecule has 1 atom stereocenters. The molecule has 1 unspecified atom stereocenters. The third-order valence-corrected chi connectivity index (χ3v) is 6.28. The Balaban J connectivity index is 1.64. The number of rotatable bonds is 9. The van der Waals surface area contributed by atoms with Gasteiger partial charge in [-0.15, -0.1) is 0 Å². The summed E-state index contributed by atoms with van der Waals surface area (Å²) in [4.78, 5) is 12.6. The maximum absolute atomic E-state index is 13.2. The van der Waals surface area contributed by atoms with Gasteiger partial charge in [0.25, 0.3) is 5.91 Å². The molecule has 0 fully saturated rings. The molecule has 168 valence electrons. The minimum atomic E-state index is -3.57. The van der Waals surface area contributed by atoms with Gasteiger partial charge in [0, 0.05) is 11.6 Å². The zero-order chi connectivity index (χ0) is 23.1. The number of nitrogens with one attached hydrogen (secondary N) is 1. The normalized spacial score (nSPS) is 12.2. The Morgan fingerprint density at radius 1 is 0.938 bits per heavy atom. The number of nitrogens with zero attached hydrogens (tertiary/aromatic N) is 1. The van der Waals surface area contributed by atoms with Crippen molar-refractivity contribution >= 4 is 21.6 Å². The highest BCUT2D eigenvalue weighted by Crippen LogP contribution is 2.21. The summed E-state index contributed by atoms with van der Waals surface area (Å²) in [5.41, 5.74) is 2.77. The van der Waals surface area contributed by atoms with E-state index in [0.29, 0.717) is 16.8 Å². The van der Waals surface area contributed by atoms with Crippen molar-refractivity contribution in [2.45, 2.75) is 32.4 Å². The molecule has 3 rings (SSSR count). The summed E-state index contributed by atoms with van der Waals surface area (Å²) in [6, 6.07) is 22.2. The van der Waals surface area contributed by atoms with Crippen molar-refractivity contribution in [3.8, 4) is 0 Å². The molecule has 0 saturated carbocycles. The van der Waals surface area contributed by atoms with Gasteiger partial charge in [0.2, 0.25) is 10.0 Å². The number of carbonyl (C=O) groups is 1. The first-order valence-corrected chi connectivity index (χ1v) is 12.2. The maximum Gasteiger partial charge on any atom is 0.251 e. The van der Waals surface area contributed by atoms with Crippen LogP contribution in [0.5, 0.6) is 0 Å². The molecular weight excluding hydrogens is 427 g/mol. The van der Waals surface area contributed by atoms with Crippen molar-refractivity contribution in [3.63, 3.8) is 0 Å². The zero-order valence-electron chi connectivity index (χ0n) is 18.2. The number of carbonyl (C=O) groups excluding carboxylic acids is 1. The first-order chi connectivity index (χ1) is 15.2. The van der Waals surface area contributed by atoms with E-state index in [1.54, 1.807) is 36.4 Å². The third kappa shape index (κ3) is 6.65. The summed E-state index contributed by atoms with van der Waals surface area (Å²) in [6.45, 7) is 2.03. The number of anilines is 1. The van der Waals surface area contributed by atoms with Crippen LogP contribution in [-0.4, -0.2) is 26.6 Å². The first-order valence-electron chi connectivity index (χ1n) is 10.4. The lowest BCUT2D eigenvalue weighted by Crippen LogP contribution is -2.33. The second-order valence-corrected chi connectivity index (χ2v) is 9.75. The van der Waals surface area contributed by atoms with Crippen LogP contribution >= 0.6 is 0 Å². The smallest absolute Gasteiger partial charge is 0.251 e. The molecule has 0 heterocycles. The predicted molar refractivity (Wildman–Crippen MR) is 126 cm³/mol. The molecule has 0 aromatic heterocycles. The number of halogens is 1. The van der Waals surface area contributed by atoms with Crippen molar-refractivity contribution in [3.05, 3.63) is 101 Å². The molecular formula is C25H27FN2O3S. The Morgan fingerprint density at radius 2 is 1.56 bits per heavy atom. The van der Waals surface area contributed by atoms with E-state index in [2.05, 4.69) is 17.4 Å². The van der Waals surface area contributed by atoms with E-state index in [0.717, 1.165) is 19.1 Å². The van der Waals surface area contributed by atoms with Gasteiger partial charge in [-0.1, -0.05) is 42.5 Å². The van der Waals surface area contributed by atoms with Crippen LogP contribution in [0, 0.1) is 5.82 Å². The topological polar surface area (TPSA) is 66.5 Å². The van der Waals surface area contributed by atoms with E-state index in [1.165, 1.54) is 22.0 Å². The molecule has 0 aliphatic carbocycles. The summed E-state index contributed by atoms with van der Waals surface area (Å²) < 4.78 is 39.0. The molecule has 0 spiro atoms. The van der Waals surface area contributed by atoms with E-state index in [4.69, 9.17) is 0 Å². The summed E-state index contributed by atoms with van der Waals surface area (Å²) in [6.07, 6.45) is 2.80. The van der Waals surface area contributed by atoms with Crippen molar-refractivity contribution in [2.24, 2.45) is 0 Å².